The van der Waals surface area contributed by atoms with Crippen molar-refractivity contribution < 1.29 is 27.5 Å². The van der Waals surface area contributed by atoms with Crippen molar-refractivity contribution in [2.45, 2.75) is 24.7 Å². The summed E-state index contributed by atoms with van der Waals surface area (Å²) >= 11 is 0. The number of carbonyl (C=O) groups is 2. The Labute approximate surface area is 199 Å². The fourth-order valence-electron chi connectivity index (χ4n) is 3.60. The number of ketones is 1. The van der Waals surface area contributed by atoms with E-state index in [1.807, 2.05) is 6.07 Å². The Morgan fingerprint density at radius 1 is 1.03 bits per heavy atom. The van der Waals surface area contributed by atoms with Crippen LogP contribution in [0, 0.1) is 11.3 Å². The third-order valence-corrected chi connectivity index (χ3v) is 7.49. The molecule has 1 saturated heterocycles. The van der Waals surface area contributed by atoms with Crippen LogP contribution in [-0.2, 0) is 14.8 Å². The molecule has 9 nitrogen and oxygen atoms in total. The Balaban J connectivity index is 1.46. The summed E-state index contributed by atoms with van der Waals surface area (Å²) < 4.78 is 38.0. The second kappa shape index (κ2) is 11.1. The minimum Gasteiger partial charge on any atom is -0.493 e. The van der Waals surface area contributed by atoms with Gasteiger partial charge in [0.15, 0.2) is 17.3 Å². The summed E-state index contributed by atoms with van der Waals surface area (Å²) in [5.74, 6) is 0.832. The van der Waals surface area contributed by atoms with E-state index in [-0.39, 0.29) is 36.1 Å². The summed E-state index contributed by atoms with van der Waals surface area (Å²) in [6.45, 7) is 2.83. The Bertz CT molecular complexity index is 1180. The van der Waals surface area contributed by atoms with Crippen LogP contribution in [0.15, 0.2) is 47.4 Å². The first-order chi connectivity index (χ1) is 16.3. The van der Waals surface area contributed by atoms with Crippen LogP contribution < -0.4 is 9.47 Å². The van der Waals surface area contributed by atoms with Crippen LogP contribution in [0.2, 0.25) is 0 Å². The Morgan fingerprint density at radius 3 is 2.29 bits per heavy atom. The Morgan fingerprint density at radius 2 is 1.71 bits per heavy atom. The van der Waals surface area contributed by atoms with E-state index in [0.29, 0.717) is 48.7 Å². The van der Waals surface area contributed by atoms with Crippen molar-refractivity contribution in [2.75, 3.05) is 39.9 Å². The van der Waals surface area contributed by atoms with Crippen LogP contribution >= 0.6 is 0 Å². The maximum atomic E-state index is 12.8. The summed E-state index contributed by atoms with van der Waals surface area (Å²) in [5.41, 5.74) is 0.921. The maximum Gasteiger partial charge on any atom is 0.243 e. The number of methoxy groups -OCH3 is 1. The molecule has 0 N–H and O–H groups in total. The van der Waals surface area contributed by atoms with Crippen LogP contribution in [0.4, 0.5) is 0 Å². The van der Waals surface area contributed by atoms with Crippen molar-refractivity contribution in [1.29, 1.82) is 5.26 Å². The van der Waals surface area contributed by atoms with Gasteiger partial charge in [-0.2, -0.15) is 9.57 Å². The average Bonchev–Trinajstić information content (AvgIpc) is 2.86. The number of nitriles is 1. The fraction of sp³-hybridized carbons (Fsp3) is 0.375. The quantitative estimate of drug-likeness (QED) is 0.396. The number of amides is 1. The fourth-order valence-corrected chi connectivity index (χ4v) is 5.02. The van der Waals surface area contributed by atoms with Gasteiger partial charge in [-0.25, -0.2) is 8.42 Å². The molecule has 34 heavy (non-hydrogen) atoms. The molecule has 0 saturated carbocycles. The number of sulfonamides is 1. The zero-order valence-electron chi connectivity index (χ0n) is 19.2. The van der Waals surface area contributed by atoms with Gasteiger partial charge < -0.3 is 14.4 Å². The summed E-state index contributed by atoms with van der Waals surface area (Å²) in [7, 11) is -2.17. The highest BCUT2D eigenvalue weighted by Crippen LogP contribution is 2.28. The van der Waals surface area contributed by atoms with Gasteiger partial charge in [0.05, 0.1) is 30.2 Å². The lowest BCUT2D eigenvalue weighted by molar-refractivity contribution is -0.132. The predicted molar refractivity (Wildman–Crippen MR) is 124 cm³/mol. The lowest BCUT2D eigenvalue weighted by Gasteiger charge is -2.34. The van der Waals surface area contributed by atoms with Crippen molar-refractivity contribution in [3.05, 3.63) is 53.6 Å². The van der Waals surface area contributed by atoms with E-state index in [4.69, 9.17) is 14.7 Å². The molecule has 0 unspecified atom stereocenters. The molecule has 0 atom stereocenters. The second-order valence-electron chi connectivity index (χ2n) is 7.79. The smallest absolute Gasteiger partial charge is 0.243 e. The molecule has 0 radical (unpaired) electrons. The van der Waals surface area contributed by atoms with Crippen molar-refractivity contribution in [2.24, 2.45) is 0 Å². The molecule has 2 aromatic carbocycles. The largest absolute Gasteiger partial charge is 0.493 e. The first-order valence-electron chi connectivity index (χ1n) is 10.9. The summed E-state index contributed by atoms with van der Waals surface area (Å²) in [5, 5.41) is 8.88. The number of benzene rings is 2. The van der Waals surface area contributed by atoms with E-state index in [0.717, 1.165) is 0 Å². The molecule has 0 aromatic heterocycles. The zero-order chi connectivity index (χ0) is 24.7. The molecule has 3 rings (SSSR count). The summed E-state index contributed by atoms with van der Waals surface area (Å²) in [4.78, 5) is 25.8. The van der Waals surface area contributed by atoms with Gasteiger partial charge >= 0.3 is 0 Å². The van der Waals surface area contributed by atoms with Crippen molar-refractivity contribution in [1.82, 2.24) is 9.21 Å². The molecule has 0 spiro atoms. The molecule has 1 amide bonds. The van der Waals surface area contributed by atoms with Gasteiger partial charge in [0.25, 0.3) is 0 Å². The van der Waals surface area contributed by atoms with Gasteiger partial charge in [-0.3, -0.25) is 9.59 Å². The van der Waals surface area contributed by atoms with Gasteiger partial charge in [0, 0.05) is 38.2 Å². The van der Waals surface area contributed by atoms with Gasteiger partial charge in [-0.05, 0) is 55.8 Å². The van der Waals surface area contributed by atoms with Gasteiger partial charge in [-0.1, -0.05) is 0 Å². The van der Waals surface area contributed by atoms with Crippen molar-refractivity contribution >= 4 is 21.7 Å². The lowest BCUT2D eigenvalue weighted by Crippen LogP contribution is -2.50. The number of ether oxygens (including phenoxy) is 2. The third-order valence-electron chi connectivity index (χ3n) is 5.58. The maximum absolute atomic E-state index is 12.8. The van der Waals surface area contributed by atoms with E-state index in [9.17, 15) is 18.0 Å². The molecular weight excluding hydrogens is 458 g/mol. The van der Waals surface area contributed by atoms with E-state index >= 15 is 0 Å². The van der Waals surface area contributed by atoms with Crippen LogP contribution in [0.5, 0.6) is 11.5 Å². The average molecular weight is 486 g/mol. The molecule has 0 aliphatic carbocycles. The molecule has 0 bridgehead atoms. The molecule has 1 aliphatic rings. The number of hydrogen-bond donors (Lipinski definition) is 0. The molecule has 1 fully saturated rings. The highest BCUT2D eigenvalue weighted by Gasteiger charge is 2.29. The highest BCUT2D eigenvalue weighted by atomic mass is 32.2. The van der Waals surface area contributed by atoms with E-state index in [1.165, 1.54) is 42.6 Å². The summed E-state index contributed by atoms with van der Waals surface area (Å²) in [6, 6.07) is 12.7. The number of nitrogens with zero attached hydrogens (tertiary/aromatic N) is 3. The zero-order valence-corrected chi connectivity index (χ0v) is 20.0. The molecular formula is C24H27N3O6S. The predicted octanol–water partition coefficient (Wildman–Crippen LogP) is 2.46. The molecule has 10 heteroatoms. The van der Waals surface area contributed by atoms with Crippen LogP contribution in [0.3, 0.4) is 0 Å². The Hall–Kier alpha value is -3.42. The van der Waals surface area contributed by atoms with Crippen LogP contribution in [0.25, 0.3) is 0 Å². The highest BCUT2D eigenvalue weighted by molar-refractivity contribution is 7.89. The molecule has 2 aromatic rings. The monoisotopic (exact) mass is 485 g/mol. The number of carbonyl (C=O) groups excluding carboxylic acids is 2. The normalized spacial score (nSPS) is 14.3. The minimum absolute atomic E-state index is 0.0575. The van der Waals surface area contributed by atoms with Gasteiger partial charge in [0.2, 0.25) is 15.9 Å². The molecule has 1 heterocycles. The van der Waals surface area contributed by atoms with Crippen molar-refractivity contribution in [3.8, 4) is 17.6 Å². The van der Waals surface area contributed by atoms with Gasteiger partial charge in [0.1, 0.15) is 0 Å². The van der Waals surface area contributed by atoms with Gasteiger partial charge in [-0.15, -0.1) is 0 Å². The minimum atomic E-state index is -3.67. The summed E-state index contributed by atoms with van der Waals surface area (Å²) in [6.07, 6.45) is 0.760. The number of rotatable bonds is 9. The number of hydrogen-bond acceptors (Lipinski definition) is 7. The first-order valence-corrected chi connectivity index (χ1v) is 12.3. The topological polar surface area (TPSA) is 117 Å². The SMILES string of the molecule is COc1cc(C(C)=O)ccc1OCCCC(=O)N1CCN(S(=O)(=O)c2ccc(C#N)cc2)CC1. The number of piperazine rings is 1. The third kappa shape index (κ3) is 5.92. The standard InChI is InChI=1S/C24H27N3O6S/c1-18(28)20-7-10-22(23(16-20)32-2)33-15-3-4-24(29)26-11-13-27(14-12-26)34(30,31)21-8-5-19(17-25)6-9-21/h5-10,16H,3-4,11-15H2,1-2H3. The Kier molecular flexibility index (Phi) is 8.26. The van der Waals surface area contributed by atoms with E-state index < -0.39 is 10.0 Å². The molecule has 1 aliphatic heterocycles. The van der Waals surface area contributed by atoms with E-state index in [1.54, 1.807) is 23.1 Å². The lowest BCUT2D eigenvalue weighted by atomic mass is 10.1. The number of Topliss-reactive ketones (excluding diaryl/α,β-unsaturated/α-hetero) is 1. The molecule has 180 valence electrons. The van der Waals surface area contributed by atoms with Crippen molar-refractivity contribution in [3.63, 3.8) is 0 Å². The van der Waals surface area contributed by atoms with Crippen LogP contribution in [0.1, 0.15) is 35.7 Å². The first kappa shape index (κ1) is 25.2. The van der Waals surface area contributed by atoms with E-state index in [2.05, 4.69) is 0 Å². The van der Waals surface area contributed by atoms with Crippen LogP contribution in [-0.4, -0.2) is 69.2 Å². The second-order valence-corrected chi connectivity index (χ2v) is 9.73.